The van der Waals surface area contributed by atoms with Crippen LogP contribution in [-0.4, -0.2) is 56.6 Å². The fraction of sp³-hybridized carbons (Fsp3) is 0.450. The Balaban J connectivity index is 1.61. The van der Waals surface area contributed by atoms with E-state index in [2.05, 4.69) is 4.90 Å². The molecule has 3 rings (SSSR count). The highest BCUT2D eigenvalue weighted by Gasteiger charge is 2.23. The van der Waals surface area contributed by atoms with Crippen molar-refractivity contribution >= 4 is 15.7 Å². The second-order valence-corrected chi connectivity index (χ2v) is 9.18. The van der Waals surface area contributed by atoms with Crippen LogP contribution in [0.3, 0.4) is 0 Å². The van der Waals surface area contributed by atoms with Gasteiger partial charge in [0.15, 0.2) is 9.84 Å². The molecule has 0 radical (unpaired) electrons. The summed E-state index contributed by atoms with van der Waals surface area (Å²) in [4.78, 5) is 17.3. The van der Waals surface area contributed by atoms with Gasteiger partial charge in [-0.1, -0.05) is 12.1 Å². The lowest BCUT2D eigenvalue weighted by Gasteiger charge is -2.22. The van der Waals surface area contributed by atoms with Crippen LogP contribution in [0.2, 0.25) is 0 Å². The zero-order chi connectivity index (χ0) is 19.6. The van der Waals surface area contributed by atoms with Crippen LogP contribution in [0, 0.1) is 13.8 Å². The zero-order valence-electron chi connectivity index (χ0n) is 16.1. The Morgan fingerprint density at radius 2 is 1.78 bits per heavy atom. The standard InChI is InChI=1S/C20H26N2O4S/c1-15-13-19(16(2)26-15)20(23)22-10-4-9-21(11-12-22)14-17-5-7-18(8-6-17)27(3,24)25/h5-8,13H,4,9-12,14H2,1-3H3. The Hall–Kier alpha value is -2.12. The predicted octanol–water partition coefficient (Wildman–Crippen LogP) is 2.65. The van der Waals surface area contributed by atoms with Crippen LogP contribution < -0.4 is 0 Å². The molecule has 27 heavy (non-hydrogen) atoms. The Bertz CT molecular complexity index is 916. The summed E-state index contributed by atoms with van der Waals surface area (Å²) in [6.45, 7) is 7.51. The molecule has 0 atom stereocenters. The first-order valence-electron chi connectivity index (χ1n) is 9.12. The molecule has 2 aromatic rings. The van der Waals surface area contributed by atoms with Crippen LogP contribution in [0.25, 0.3) is 0 Å². The molecule has 0 saturated carbocycles. The SMILES string of the molecule is Cc1cc(C(=O)N2CCCN(Cc3ccc(S(C)(=O)=O)cc3)CC2)c(C)o1. The maximum Gasteiger partial charge on any atom is 0.257 e. The van der Waals surface area contributed by atoms with E-state index in [1.165, 1.54) is 6.26 Å². The average Bonchev–Trinajstić information content (AvgIpc) is 2.80. The molecular formula is C20H26N2O4S. The summed E-state index contributed by atoms with van der Waals surface area (Å²) in [6.07, 6.45) is 2.12. The Kier molecular flexibility index (Phi) is 5.72. The maximum absolute atomic E-state index is 12.8. The van der Waals surface area contributed by atoms with Gasteiger partial charge in [0, 0.05) is 39.0 Å². The Morgan fingerprint density at radius 1 is 1.07 bits per heavy atom. The summed E-state index contributed by atoms with van der Waals surface area (Å²) in [5.74, 6) is 1.46. The number of hydrogen-bond donors (Lipinski definition) is 0. The molecule has 0 spiro atoms. The van der Waals surface area contributed by atoms with Crippen LogP contribution in [0.15, 0.2) is 39.6 Å². The van der Waals surface area contributed by atoms with E-state index in [-0.39, 0.29) is 5.91 Å². The molecule has 6 nitrogen and oxygen atoms in total. The molecule has 0 bridgehead atoms. The molecule has 2 heterocycles. The van der Waals surface area contributed by atoms with Gasteiger partial charge in [-0.2, -0.15) is 0 Å². The maximum atomic E-state index is 12.8. The lowest BCUT2D eigenvalue weighted by atomic mass is 10.2. The van der Waals surface area contributed by atoms with Gasteiger partial charge < -0.3 is 9.32 Å². The van der Waals surface area contributed by atoms with Crippen molar-refractivity contribution in [2.24, 2.45) is 0 Å². The molecule has 0 N–H and O–H groups in total. The number of aryl methyl sites for hydroxylation is 2. The number of sulfone groups is 1. The lowest BCUT2D eigenvalue weighted by molar-refractivity contribution is 0.0759. The van der Waals surface area contributed by atoms with Crippen molar-refractivity contribution in [3.8, 4) is 0 Å². The van der Waals surface area contributed by atoms with Crippen molar-refractivity contribution in [2.45, 2.75) is 31.7 Å². The Morgan fingerprint density at radius 3 is 2.37 bits per heavy atom. The summed E-state index contributed by atoms with van der Waals surface area (Å²) in [5, 5.41) is 0. The first-order valence-corrected chi connectivity index (χ1v) is 11.0. The van der Waals surface area contributed by atoms with Crippen molar-refractivity contribution in [1.29, 1.82) is 0 Å². The van der Waals surface area contributed by atoms with Crippen molar-refractivity contribution in [2.75, 3.05) is 32.4 Å². The van der Waals surface area contributed by atoms with Gasteiger partial charge in [0.05, 0.1) is 10.5 Å². The van der Waals surface area contributed by atoms with E-state index < -0.39 is 9.84 Å². The van der Waals surface area contributed by atoms with Gasteiger partial charge in [0.1, 0.15) is 11.5 Å². The number of nitrogens with zero attached hydrogens (tertiary/aromatic N) is 2. The van der Waals surface area contributed by atoms with Crippen LogP contribution in [0.1, 0.15) is 33.9 Å². The molecule has 1 aromatic heterocycles. The number of benzene rings is 1. The molecule has 1 aliphatic rings. The van der Waals surface area contributed by atoms with Gasteiger partial charge in [-0.15, -0.1) is 0 Å². The van der Waals surface area contributed by atoms with E-state index in [1.54, 1.807) is 12.1 Å². The number of furan rings is 1. The van der Waals surface area contributed by atoms with Crippen LogP contribution >= 0.6 is 0 Å². The van der Waals surface area contributed by atoms with Crippen LogP contribution in [0.4, 0.5) is 0 Å². The minimum atomic E-state index is -3.17. The third-order valence-electron chi connectivity index (χ3n) is 4.90. The van der Waals surface area contributed by atoms with Crippen LogP contribution in [0.5, 0.6) is 0 Å². The minimum absolute atomic E-state index is 0.0312. The van der Waals surface area contributed by atoms with Crippen molar-refractivity contribution in [1.82, 2.24) is 9.80 Å². The van der Waals surface area contributed by atoms with E-state index in [9.17, 15) is 13.2 Å². The fourth-order valence-corrected chi connectivity index (χ4v) is 4.08. The van der Waals surface area contributed by atoms with Gasteiger partial charge >= 0.3 is 0 Å². The smallest absolute Gasteiger partial charge is 0.257 e. The van der Waals surface area contributed by atoms with E-state index in [0.29, 0.717) is 22.8 Å². The van der Waals surface area contributed by atoms with Gasteiger partial charge in [-0.05, 0) is 44.0 Å². The molecule has 1 amide bonds. The second-order valence-electron chi connectivity index (χ2n) is 7.16. The van der Waals surface area contributed by atoms with Gasteiger partial charge in [-0.3, -0.25) is 9.69 Å². The predicted molar refractivity (Wildman–Crippen MR) is 104 cm³/mol. The normalized spacial score (nSPS) is 16.3. The molecule has 7 heteroatoms. The Labute approximate surface area is 160 Å². The zero-order valence-corrected chi connectivity index (χ0v) is 16.9. The largest absolute Gasteiger partial charge is 0.466 e. The van der Waals surface area contributed by atoms with Gasteiger partial charge in [-0.25, -0.2) is 8.42 Å². The highest BCUT2D eigenvalue weighted by molar-refractivity contribution is 7.90. The molecule has 0 unspecified atom stereocenters. The summed E-state index contributed by atoms with van der Waals surface area (Å²) in [6, 6.07) is 8.85. The molecule has 0 aliphatic carbocycles. The van der Waals surface area contributed by atoms with Crippen molar-refractivity contribution in [3.63, 3.8) is 0 Å². The van der Waals surface area contributed by atoms with Crippen molar-refractivity contribution in [3.05, 3.63) is 53.0 Å². The van der Waals surface area contributed by atoms with Crippen LogP contribution in [-0.2, 0) is 16.4 Å². The molecule has 1 aliphatic heterocycles. The molecular weight excluding hydrogens is 364 g/mol. The third-order valence-corrected chi connectivity index (χ3v) is 6.03. The van der Waals surface area contributed by atoms with E-state index in [4.69, 9.17) is 4.42 Å². The quantitative estimate of drug-likeness (QED) is 0.803. The van der Waals surface area contributed by atoms with E-state index in [0.717, 1.165) is 43.9 Å². The molecule has 146 valence electrons. The number of carbonyl (C=O) groups is 1. The van der Waals surface area contributed by atoms with E-state index >= 15 is 0 Å². The highest BCUT2D eigenvalue weighted by Crippen LogP contribution is 2.18. The monoisotopic (exact) mass is 390 g/mol. The number of hydrogen-bond acceptors (Lipinski definition) is 5. The summed E-state index contributed by atoms with van der Waals surface area (Å²) < 4.78 is 28.6. The molecule has 1 saturated heterocycles. The summed E-state index contributed by atoms with van der Waals surface area (Å²) in [5.41, 5.74) is 1.72. The fourth-order valence-electron chi connectivity index (χ4n) is 3.45. The number of rotatable bonds is 4. The van der Waals surface area contributed by atoms with E-state index in [1.807, 2.05) is 36.9 Å². The third kappa shape index (κ3) is 4.78. The molecule has 1 fully saturated rings. The average molecular weight is 391 g/mol. The first kappa shape index (κ1) is 19.6. The summed E-state index contributed by atoms with van der Waals surface area (Å²) >= 11 is 0. The van der Waals surface area contributed by atoms with Gasteiger partial charge in [0.2, 0.25) is 0 Å². The minimum Gasteiger partial charge on any atom is -0.466 e. The lowest BCUT2D eigenvalue weighted by Crippen LogP contribution is -2.35. The van der Waals surface area contributed by atoms with Crippen molar-refractivity contribution < 1.29 is 17.6 Å². The highest BCUT2D eigenvalue weighted by atomic mass is 32.2. The second kappa shape index (κ2) is 7.86. The topological polar surface area (TPSA) is 70.8 Å². The summed E-state index contributed by atoms with van der Waals surface area (Å²) in [7, 11) is -3.17. The molecule has 1 aromatic carbocycles. The number of carbonyl (C=O) groups excluding carboxylic acids is 1. The number of amides is 1. The first-order chi connectivity index (χ1) is 12.7. The van der Waals surface area contributed by atoms with Gasteiger partial charge in [0.25, 0.3) is 5.91 Å².